The molecular weight excluding hydrogens is 180 g/mol. The van der Waals surface area contributed by atoms with Gasteiger partial charge in [0.2, 0.25) is 0 Å². The SMILES string of the molecule is C=C1C(=O)C[C@]2(CCOC2=O)C1(C)C. The van der Waals surface area contributed by atoms with E-state index in [0.29, 0.717) is 18.6 Å². The fourth-order valence-electron chi connectivity index (χ4n) is 2.53. The fraction of sp³-hybridized carbons (Fsp3) is 0.636. The van der Waals surface area contributed by atoms with Crippen LogP contribution in [0.25, 0.3) is 0 Å². The van der Waals surface area contributed by atoms with Crippen molar-refractivity contribution in [2.24, 2.45) is 10.8 Å². The highest BCUT2D eigenvalue weighted by Gasteiger charge is 2.62. The van der Waals surface area contributed by atoms with Gasteiger partial charge in [-0.1, -0.05) is 20.4 Å². The average molecular weight is 194 g/mol. The molecule has 0 aromatic rings. The molecule has 2 rings (SSSR count). The minimum Gasteiger partial charge on any atom is -0.465 e. The molecule has 0 amide bonds. The van der Waals surface area contributed by atoms with Crippen molar-refractivity contribution >= 4 is 11.8 Å². The van der Waals surface area contributed by atoms with Gasteiger partial charge in [0.1, 0.15) is 0 Å². The Morgan fingerprint density at radius 3 is 2.36 bits per heavy atom. The standard InChI is InChI=1S/C11H14O3/c1-7-8(12)6-11(10(7,2)3)4-5-14-9(11)13/h1,4-6H2,2-3H3/t11-/m0/s1. The Bertz CT molecular complexity index is 340. The highest BCUT2D eigenvalue weighted by atomic mass is 16.5. The molecule has 1 aliphatic carbocycles. The van der Waals surface area contributed by atoms with Crippen molar-refractivity contribution in [3.05, 3.63) is 12.2 Å². The molecule has 76 valence electrons. The lowest BCUT2D eigenvalue weighted by Crippen LogP contribution is -2.37. The molecule has 1 heterocycles. The van der Waals surface area contributed by atoms with Gasteiger partial charge in [0.15, 0.2) is 5.78 Å². The Morgan fingerprint density at radius 1 is 1.36 bits per heavy atom. The zero-order valence-corrected chi connectivity index (χ0v) is 8.55. The van der Waals surface area contributed by atoms with Crippen LogP contribution in [0.4, 0.5) is 0 Å². The zero-order chi connectivity index (χ0) is 10.6. The Labute approximate surface area is 83.1 Å². The van der Waals surface area contributed by atoms with Gasteiger partial charge < -0.3 is 4.74 Å². The maximum Gasteiger partial charge on any atom is 0.313 e. The first kappa shape index (κ1) is 9.44. The Balaban J connectivity index is 2.52. The van der Waals surface area contributed by atoms with Gasteiger partial charge in [-0.15, -0.1) is 0 Å². The maximum atomic E-state index is 11.7. The normalized spacial score (nSPS) is 35.4. The highest BCUT2D eigenvalue weighted by molar-refractivity contribution is 6.04. The number of rotatable bonds is 0. The van der Waals surface area contributed by atoms with E-state index in [1.54, 1.807) is 0 Å². The predicted molar refractivity (Wildman–Crippen MR) is 50.6 cm³/mol. The number of carbonyl (C=O) groups is 2. The van der Waals surface area contributed by atoms with Gasteiger partial charge in [0.05, 0.1) is 12.0 Å². The molecule has 0 aromatic carbocycles. The number of Topliss-reactive ketones (excluding diaryl/α,β-unsaturated/α-hetero) is 1. The van der Waals surface area contributed by atoms with Gasteiger partial charge in [0.25, 0.3) is 0 Å². The van der Waals surface area contributed by atoms with E-state index in [1.807, 2.05) is 13.8 Å². The minimum atomic E-state index is -0.624. The van der Waals surface area contributed by atoms with E-state index < -0.39 is 10.8 Å². The molecule has 1 spiro atoms. The van der Waals surface area contributed by atoms with Crippen LogP contribution >= 0.6 is 0 Å². The molecule has 2 fully saturated rings. The molecule has 0 radical (unpaired) electrons. The molecule has 0 N–H and O–H groups in total. The first-order valence-electron chi connectivity index (χ1n) is 4.82. The van der Waals surface area contributed by atoms with E-state index in [0.717, 1.165) is 0 Å². The molecule has 0 bridgehead atoms. The van der Waals surface area contributed by atoms with Crippen LogP contribution in [0, 0.1) is 10.8 Å². The molecule has 2 aliphatic rings. The summed E-state index contributed by atoms with van der Waals surface area (Å²) in [6.45, 7) is 8.04. The van der Waals surface area contributed by atoms with Gasteiger partial charge in [-0.05, 0) is 12.0 Å². The summed E-state index contributed by atoms with van der Waals surface area (Å²) in [6.07, 6.45) is 0.918. The van der Waals surface area contributed by atoms with Crippen molar-refractivity contribution < 1.29 is 14.3 Å². The van der Waals surface area contributed by atoms with E-state index in [2.05, 4.69) is 6.58 Å². The van der Waals surface area contributed by atoms with E-state index >= 15 is 0 Å². The summed E-state index contributed by atoms with van der Waals surface area (Å²) < 4.78 is 4.99. The third-order valence-corrected chi connectivity index (χ3v) is 3.90. The van der Waals surface area contributed by atoms with Crippen molar-refractivity contribution in [1.82, 2.24) is 0 Å². The Kier molecular flexibility index (Phi) is 1.66. The summed E-state index contributed by atoms with van der Waals surface area (Å²) in [7, 11) is 0. The molecule has 1 saturated carbocycles. The van der Waals surface area contributed by atoms with Crippen molar-refractivity contribution in [3.63, 3.8) is 0 Å². The van der Waals surface area contributed by atoms with E-state index in [9.17, 15) is 9.59 Å². The number of cyclic esters (lactones) is 1. The molecule has 1 atom stereocenters. The smallest absolute Gasteiger partial charge is 0.313 e. The van der Waals surface area contributed by atoms with Gasteiger partial charge >= 0.3 is 5.97 Å². The molecule has 3 heteroatoms. The molecule has 14 heavy (non-hydrogen) atoms. The minimum absolute atomic E-state index is 0.00819. The topological polar surface area (TPSA) is 43.4 Å². The van der Waals surface area contributed by atoms with Gasteiger partial charge in [-0.3, -0.25) is 9.59 Å². The van der Waals surface area contributed by atoms with Crippen molar-refractivity contribution in [3.8, 4) is 0 Å². The lowest BCUT2D eigenvalue weighted by atomic mass is 9.66. The summed E-state index contributed by atoms with van der Waals surface area (Å²) >= 11 is 0. The number of ether oxygens (including phenoxy) is 1. The Hall–Kier alpha value is -1.12. The second-order valence-corrected chi connectivity index (χ2v) is 4.67. The summed E-state index contributed by atoms with van der Waals surface area (Å²) in [4.78, 5) is 23.3. The first-order valence-corrected chi connectivity index (χ1v) is 4.82. The largest absolute Gasteiger partial charge is 0.465 e. The summed E-state index contributed by atoms with van der Waals surface area (Å²) in [5, 5.41) is 0. The monoisotopic (exact) mass is 194 g/mol. The molecule has 3 nitrogen and oxygen atoms in total. The third kappa shape index (κ3) is 0.825. The summed E-state index contributed by atoms with van der Waals surface area (Å²) in [5.41, 5.74) is -0.505. The second kappa shape index (κ2) is 2.47. The van der Waals surface area contributed by atoms with Gasteiger partial charge in [-0.2, -0.15) is 0 Å². The number of hydrogen-bond donors (Lipinski definition) is 0. The zero-order valence-electron chi connectivity index (χ0n) is 8.55. The molecule has 0 aromatic heterocycles. The molecule has 0 unspecified atom stereocenters. The lowest BCUT2D eigenvalue weighted by molar-refractivity contribution is -0.150. The predicted octanol–water partition coefficient (Wildman–Crippen LogP) is 1.47. The van der Waals surface area contributed by atoms with Crippen LogP contribution in [0.15, 0.2) is 12.2 Å². The number of esters is 1. The van der Waals surface area contributed by atoms with Crippen LogP contribution in [-0.4, -0.2) is 18.4 Å². The summed E-state index contributed by atoms with van der Waals surface area (Å²) in [5.74, 6) is -0.219. The number of hydrogen-bond acceptors (Lipinski definition) is 3. The van der Waals surface area contributed by atoms with Crippen LogP contribution in [0.1, 0.15) is 26.7 Å². The number of carbonyl (C=O) groups excluding carboxylic acids is 2. The number of allylic oxidation sites excluding steroid dienone is 1. The lowest BCUT2D eigenvalue weighted by Gasteiger charge is -2.33. The van der Waals surface area contributed by atoms with Gasteiger partial charge in [0, 0.05) is 11.8 Å². The van der Waals surface area contributed by atoms with E-state index in [4.69, 9.17) is 4.74 Å². The van der Waals surface area contributed by atoms with E-state index in [-0.39, 0.29) is 18.2 Å². The number of ketones is 1. The third-order valence-electron chi connectivity index (χ3n) is 3.90. The van der Waals surface area contributed by atoms with Crippen molar-refractivity contribution in [2.45, 2.75) is 26.7 Å². The van der Waals surface area contributed by atoms with Crippen molar-refractivity contribution in [2.75, 3.05) is 6.61 Å². The van der Waals surface area contributed by atoms with Crippen LogP contribution in [0.3, 0.4) is 0 Å². The van der Waals surface area contributed by atoms with Crippen LogP contribution in [0.5, 0.6) is 0 Å². The van der Waals surface area contributed by atoms with Crippen molar-refractivity contribution in [1.29, 1.82) is 0 Å². The highest BCUT2D eigenvalue weighted by Crippen LogP contribution is 2.58. The molecule has 1 aliphatic heterocycles. The average Bonchev–Trinajstić information content (AvgIpc) is 2.53. The second-order valence-electron chi connectivity index (χ2n) is 4.67. The van der Waals surface area contributed by atoms with Crippen LogP contribution in [0.2, 0.25) is 0 Å². The molecule has 1 saturated heterocycles. The molecular formula is C11H14O3. The first-order chi connectivity index (χ1) is 6.42. The fourth-order valence-corrected chi connectivity index (χ4v) is 2.53. The van der Waals surface area contributed by atoms with E-state index in [1.165, 1.54) is 0 Å². The van der Waals surface area contributed by atoms with Crippen LogP contribution < -0.4 is 0 Å². The maximum absolute atomic E-state index is 11.7. The summed E-state index contributed by atoms with van der Waals surface area (Å²) in [6, 6.07) is 0. The van der Waals surface area contributed by atoms with Gasteiger partial charge in [-0.25, -0.2) is 0 Å². The quantitative estimate of drug-likeness (QED) is 0.433. The Morgan fingerprint density at radius 2 is 2.00 bits per heavy atom. The van der Waals surface area contributed by atoms with Crippen LogP contribution in [-0.2, 0) is 14.3 Å².